The molecule has 0 N–H and O–H groups in total. The van der Waals surface area contributed by atoms with Crippen LogP contribution in [0.5, 0.6) is 0 Å². The summed E-state index contributed by atoms with van der Waals surface area (Å²) in [7, 11) is 0. The molecule has 0 unspecified atom stereocenters. The number of aryl methyl sites for hydroxylation is 4. The second kappa shape index (κ2) is 13.7. The summed E-state index contributed by atoms with van der Waals surface area (Å²) < 4.78 is 0. The van der Waals surface area contributed by atoms with Gasteiger partial charge in [0.05, 0.1) is 0 Å². The average Bonchev–Trinajstić information content (AvgIpc) is 2.75. The van der Waals surface area contributed by atoms with Gasteiger partial charge in [-0.25, -0.2) is 0 Å². The summed E-state index contributed by atoms with van der Waals surface area (Å²) in [6.07, 6.45) is 0. The van der Waals surface area contributed by atoms with E-state index in [-0.39, 0.29) is 24.8 Å². The first kappa shape index (κ1) is 29.3. The van der Waals surface area contributed by atoms with E-state index >= 15 is 0 Å². The quantitative estimate of drug-likeness (QED) is 0.312. The molecule has 0 aliphatic carbocycles. The minimum atomic E-state index is -0.407. The van der Waals surface area contributed by atoms with Crippen LogP contribution in [-0.4, -0.2) is 5.50 Å². The van der Waals surface area contributed by atoms with Crippen LogP contribution < -0.4 is 24.8 Å². The fourth-order valence-electron chi connectivity index (χ4n) is 2.27. The molecule has 0 bridgehead atoms. The molecule has 136 valence electrons. The molecule has 0 atom stereocenters. The molecule has 0 saturated heterocycles. The molecule has 0 nitrogen and oxygen atoms in total. The van der Waals surface area contributed by atoms with Crippen molar-refractivity contribution in [2.45, 2.75) is 61.9 Å². The fourth-order valence-corrected chi connectivity index (χ4v) is 2.27. The van der Waals surface area contributed by atoms with Crippen molar-refractivity contribution < 1.29 is 44.0 Å². The van der Waals surface area contributed by atoms with Gasteiger partial charge in [0.15, 0.2) is 0 Å². The van der Waals surface area contributed by atoms with E-state index < -0.39 is 5.50 Å². The maximum atomic E-state index is 5.38. The van der Waals surface area contributed by atoms with Crippen LogP contribution in [0, 0.1) is 55.4 Å². The van der Waals surface area contributed by atoms with Crippen LogP contribution in [-0.2, 0) is 19.2 Å². The average molecular weight is 440 g/mol. The molecule has 0 fully saturated rings. The Kier molecular flexibility index (Phi) is 16.7. The summed E-state index contributed by atoms with van der Waals surface area (Å²) in [6.45, 7) is 19.4. The Morgan fingerprint density at radius 1 is 0.792 bits per heavy atom. The number of hydrogen-bond acceptors (Lipinski definition) is 0. The van der Waals surface area contributed by atoms with Crippen molar-refractivity contribution in [3.8, 4) is 0 Å². The van der Waals surface area contributed by atoms with Crippen LogP contribution in [0.2, 0.25) is 6.55 Å². The molecule has 0 aromatic heterocycles. The predicted molar refractivity (Wildman–Crippen MR) is 99.4 cm³/mol. The third-order valence-electron chi connectivity index (χ3n) is 4.36. The maximum absolute atomic E-state index is 5.38. The van der Waals surface area contributed by atoms with Crippen LogP contribution in [0.15, 0.2) is 12.1 Å². The van der Waals surface area contributed by atoms with E-state index in [2.05, 4.69) is 67.5 Å². The van der Waals surface area contributed by atoms with Gasteiger partial charge in [0.1, 0.15) is 0 Å². The van der Waals surface area contributed by atoms with Gasteiger partial charge in [0.25, 0.3) is 0 Å². The summed E-state index contributed by atoms with van der Waals surface area (Å²) in [6, 6.07) is 4.48. The van der Waals surface area contributed by atoms with Gasteiger partial charge in [-0.05, 0) is 0 Å². The van der Waals surface area contributed by atoms with E-state index in [1.165, 1.54) is 44.5 Å². The Balaban J connectivity index is -0.000000283. The van der Waals surface area contributed by atoms with Gasteiger partial charge < -0.3 is 24.8 Å². The molecule has 24 heavy (non-hydrogen) atoms. The zero-order chi connectivity index (χ0) is 17.6. The molecule has 0 radical (unpaired) electrons. The van der Waals surface area contributed by atoms with Crippen LogP contribution in [0.1, 0.15) is 44.5 Å². The van der Waals surface area contributed by atoms with Crippen molar-refractivity contribution in [1.82, 2.24) is 0 Å². The maximum Gasteiger partial charge on any atom is -0.0630 e. The third kappa shape index (κ3) is 9.85. The molecule has 2 rings (SSSR count). The first-order chi connectivity index (χ1) is 9.98. The normalized spacial score (nSPS) is 8.83. The number of halogens is 3. The topological polar surface area (TPSA) is 0 Å². The first-order valence-electron chi connectivity index (χ1n) is 7.59. The summed E-state index contributed by atoms with van der Waals surface area (Å²) in [4.78, 5) is 0. The van der Waals surface area contributed by atoms with Crippen molar-refractivity contribution >= 4 is 16.6 Å². The predicted octanol–water partition coefficient (Wildman–Crippen LogP) is 0.176. The Hall–Kier alpha value is 0.501. The third-order valence-corrected chi connectivity index (χ3v) is 4.36. The number of hydrogen-bond donors (Lipinski definition) is 0. The van der Waals surface area contributed by atoms with Crippen molar-refractivity contribution in [3.63, 3.8) is 0 Å². The number of rotatable bonds is 0. The first-order valence-corrected chi connectivity index (χ1v) is 12.9. The second-order valence-electron chi connectivity index (χ2n) is 6.05. The van der Waals surface area contributed by atoms with E-state index in [1.54, 1.807) is 0 Å². The fraction of sp³-hybridized carbons (Fsp3) is 0.474. The minimum absolute atomic E-state index is 0. The van der Waals surface area contributed by atoms with Crippen molar-refractivity contribution in [1.29, 1.82) is 0 Å². The largest absolute Gasteiger partial charge is 1.00 e. The van der Waals surface area contributed by atoms with Gasteiger partial charge in [0.2, 0.25) is 0 Å². The Bertz CT molecular complexity index is 540. The zero-order valence-corrected chi connectivity index (χ0v) is 21.1. The van der Waals surface area contributed by atoms with Crippen molar-refractivity contribution in [3.05, 3.63) is 56.6 Å². The second-order valence-corrected chi connectivity index (χ2v) is 13.8. The molecular formula is C19H29Cl3SiTi-2. The van der Waals surface area contributed by atoms with Crippen LogP contribution in [0.3, 0.4) is 0 Å². The Labute approximate surface area is 178 Å². The van der Waals surface area contributed by atoms with Gasteiger partial charge in [-0.1, -0.05) is 55.4 Å². The van der Waals surface area contributed by atoms with Gasteiger partial charge in [0, 0.05) is 0 Å². The Morgan fingerprint density at radius 2 is 1.00 bits per heavy atom. The van der Waals surface area contributed by atoms with Crippen LogP contribution in [0.4, 0.5) is 0 Å². The van der Waals surface area contributed by atoms with E-state index in [9.17, 15) is 0 Å². The van der Waals surface area contributed by atoms with Crippen molar-refractivity contribution in [2.75, 3.05) is 0 Å². The molecule has 2 aromatic rings. The van der Waals surface area contributed by atoms with Gasteiger partial charge in [-0.2, -0.15) is 56.6 Å². The SMILES string of the molecule is C[Si](Cl)=[Ti+2].Cc1c[c-](C)c(C)c1C.Cc1c[c-](C)c(C)c1C.[Cl-].[Cl-]. The summed E-state index contributed by atoms with van der Waals surface area (Å²) in [5.41, 5.74) is 11.1. The van der Waals surface area contributed by atoms with Gasteiger partial charge in [-0.15, -0.1) is 0 Å². The van der Waals surface area contributed by atoms with Crippen LogP contribution in [0.25, 0.3) is 0 Å². The smallest absolute Gasteiger partial charge is 0.0630 e. The minimum Gasteiger partial charge on any atom is -1.00 e. The Morgan fingerprint density at radius 3 is 1.04 bits per heavy atom. The molecule has 0 spiro atoms. The monoisotopic (exact) mass is 438 g/mol. The molecule has 2 aromatic carbocycles. The summed E-state index contributed by atoms with van der Waals surface area (Å²) in [5, 5.41) is 0. The summed E-state index contributed by atoms with van der Waals surface area (Å²) in [5.74, 6) is 0. The zero-order valence-electron chi connectivity index (χ0n) is 16.3. The van der Waals surface area contributed by atoms with Crippen LogP contribution >= 0.6 is 11.1 Å². The molecule has 5 heteroatoms. The molecule has 0 saturated carbocycles. The standard InChI is InChI=1S/2C9H13.CH3ClSi.2ClH.Ti/c2*1-6-5-7(2)9(4)8(6)3;1-3-2;;;/h2*5H,1-4H3;1H3;2*1H;/q2*-1;;;;+2/p-2. The summed E-state index contributed by atoms with van der Waals surface area (Å²) >= 11 is 7.41. The molecule has 0 heterocycles. The van der Waals surface area contributed by atoms with Gasteiger partial charge in [-0.3, -0.25) is 0 Å². The molecular weight excluding hydrogens is 411 g/mol. The van der Waals surface area contributed by atoms with Crippen molar-refractivity contribution in [2.24, 2.45) is 0 Å². The van der Waals surface area contributed by atoms with E-state index in [0.29, 0.717) is 0 Å². The molecule has 0 amide bonds. The molecule has 0 aliphatic heterocycles. The van der Waals surface area contributed by atoms with E-state index in [0.717, 1.165) is 0 Å². The van der Waals surface area contributed by atoms with E-state index in [1.807, 2.05) is 25.7 Å². The van der Waals surface area contributed by atoms with Gasteiger partial charge >= 0.3 is 42.3 Å². The van der Waals surface area contributed by atoms with E-state index in [4.69, 9.17) is 11.1 Å². The molecule has 0 aliphatic rings.